The first-order valence-electron chi connectivity index (χ1n) is 7.22. The van der Waals surface area contributed by atoms with Gasteiger partial charge in [0.2, 0.25) is 0 Å². The van der Waals surface area contributed by atoms with Crippen molar-refractivity contribution in [3.8, 4) is 0 Å². The molecular weight excluding hydrogens is 242 g/mol. The number of benzene rings is 1. The highest BCUT2D eigenvalue weighted by molar-refractivity contribution is 6.58. The van der Waals surface area contributed by atoms with Gasteiger partial charge in [0.1, 0.15) is 5.82 Å². The van der Waals surface area contributed by atoms with Crippen LogP contribution in [0.4, 0.5) is 4.39 Å². The van der Waals surface area contributed by atoms with Crippen molar-refractivity contribution >= 4 is 12.6 Å². The van der Waals surface area contributed by atoms with E-state index in [1.165, 1.54) is 37.8 Å². The Hall–Kier alpha value is -0.865. The van der Waals surface area contributed by atoms with Gasteiger partial charge in [0.25, 0.3) is 0 Å². The van der Waals surface area contributed by atoms with Crippen LogP contribution in [0.25, 0.3) is 0 Å². The van der Waals surface area contributed by atoms with Crippen molar-refractivity contribution in [3.05, 3.63) is 29.6 Å². The van der Waals surface area contributed by atoms with Crippen molar-refractivity contribution in [2.24, 2.45) is 5.92 Å². The molecule has 0 radical (unpaired) electrons. The van der Waals surface area contributed by atoms with Crippen LogP contribution in [-0.2, 0) is 6.42 Å². The van der Waals surface area contributed by atoms with E-state index in [0.717, 1.165) is 18.4 Å². The maximum absolute atomic E-state index is 13.6. The van der Waals surface area contributed by atoms with E-state index in [9.17, 15) is 4.39 Å². The maximum Gasteiger partial charge on any atom is 0.491 e. The molecule has 1 aromatic rings. The fourth-order valence-electron chi connectivity index (χ4n) is 2.37. The molecule has 0 spiro atoms. The van der Waals surface area contributed by atoms with E-state index < -0.39 is 12.9 Å². The monoisotopic (exact) mass is 266 g/mol. The Morgan fingerprint density at radius 3 is 2.47 bits per heavy atom. The normalized spacial score (nSPS) is 12.5. The van der Waals surface area contributed by atoms with Crippen LogP contribution in [0.15, 0.2) is 18.2 Å². The zero-order valence-corrected chi connectivity index (χ0v) is 11.9. The Kier molecular flexibility index (Phi) is 7.10. The Morgan fingerprint density at radius 2 is 1.95 bits per heavy atom. The van der Waals surface area contributed by atoms with E-state index in [1.807, 2.05) is 0 Å². The summed E-state index contributed by atoms with van der Waals surface area (Å²) in [5, 5.41) is 18.0. The third-order valence-electron chi connectivity index (χ3n) is 3.66. The third-order valence-corrected chi connectivity index (χ3v) is 3.66. The van der Waals surface area contributed by atoms with Gasteiger partial charge >= 0.3 is 7.12 Å². The predicted octanol–water partition coefficient (Wildman–Crippen LogP) is 2.65. The minimum Gasteiger partial charge on any atom is -0.423 e. The molecule has 1 atom stereocenters. The minimum atomic E-state index is -1.74. The fraction of sp³-hybridized carbons (Fsp3) is 0.600. The van der Waals surface area contributed by atoms with Crippen LogP contribution < -0.4 is 5.46 Å². The van der Waals surface area contributed by atoms with Crippen LogP contribution in [-0.4, -0.2) is 17.2 Å². The molecule has 0 bridgehead atoms. The molecule has 0 aliphatic carbocycles. The summed E-state index contributed by atoms with van der Waals surface area (Å²) in [5.74, 6) is 0.0479. The quantitative estimate of drug-likeness (QED) is 0.561. The van der Waals surface area contributed by atoms with Crippen molar-refractivity contribution in [1.29, 1.82) is 0 Å². The van der Waals surface area contributed by atoms with E-state index in [4.69, 9.17) is 10.0 Å². The molecule has 0 heterocycles. The van der Waals surface area contributed by atoms with Crippen LogP contribution in [0.5, 0.6) is 0 Å². The summed E-state index contributed by atoms with van der Waals surface area (Å²) in [7, 11) is -1.74. The van der Waals surface area contributed by atoms with Crippen molar-refractivity contribution in [3.63, 3.8) is 0 Å². The van der Waals surface area contributed by atoms with E-state index in [1.54, 1.807) is 6.07 Å². The van der Waals surface area contributed by atoms with Crippen molar-refractivity contribution in [2.45, 2.75) is 52.4 Å². The predicted molar refractivity (Wildman–Crippen MR) is 77.9 cm³/mol. The first-order valence-corrected chi connectivity index (χ1v) is 7.22. The van der Waals surface area contributed by atoms with Gasteiger partial charge in [0, 0.05) is 5.46 Å². The lowest BCUT2D eigenvalue weighted by atomic mass is 9.79. The van der Waals surface area contributed by atoms with Gasteiger partial charge in [0.05, 0.1) is 0 Å². The molecule has 2 N–H and O–H groups in total. The van der Waals surface area contributed by atoms with Crippen LogP contribution in [0.1, 0.15) is 51.5 Å². The first kappa shape index (κ1) is 16.2. The molecule has 0 amide bonds. The lowest BCUT2D eigenvalue weighted by Crippen LogP contribution is -2.32. The smallest absolute Gasteiger partial charge is 0.423 e. The molecule has 0 fully saturated rings. The van der Waals surface area contributed by atoms with E-state index in [2.05, 4.69) is 13.8 Å². The van der Waals surface area contributed by atoms with Crippen molar-refractivity contribution in [2.75, 3.05) is 0 Å². The molecule has 0 saturated carbocycles. The average molecular weight is 266 g/mol. The van der Waals surface area contributed by atoms with Crippen LogP contribution in [0.2, 0.25) is 0 Å². The molecule has 2 nitrogen and oxygen atoms in total. The Balaban J connectivity index is 2.62. The highest BCUT2D eigenvalue weighted by atomic mass is 19.1. The third kappa shape index (κ3) is 5.33. The second kappa shape index (κ2) is 8.33. The Labute approximate surface area is 115 Å². The van der Waals surface area contributed by atoms with Crippen LogP contribution in [0.3, 0.4) is 0 Å². The van der Waals surface area contributed by atoms with Gasteiger partial charge in [-0.3, -0.25) is 0 Å². The summed E-state index contributed by atoms with van der Waals surface area (Å²) in [4.78, 5) is 0. The molecule has 4 heteroatoms. The highest BCUT2D eigenvalue weighted by Crippen LogP contribution is 2.19. The molecule has 0 aromatic heterocycles. The minimum absolute atomic E-state index is 0.0530. The van der Waals surface area contributed by atoms with Crippen LogP contribution in [0, 0.1) is 11.7 Å². The molecule has 1 aromatic carbocycles. The summed E-state index contributed by atoms with van der Waals surface area (Å²) in [5.41, 5.74) is 0.882. The molecule has 1 rings (SSSR count). The zero-order chi connectivity index (χ0) is 14.3. The standard InChI is InChI=1S/C15H24BFO2/c1-3-5-6-7-12(4-2)10-13-8-9-14(16(18)19)15(17)11-13/h8-9,11-12,18-19H,3-7,10H2,1-2H3. The van der Waals surface area contributed by atoms with Gasteiger partial charge in [0.15, 0.2) is 0 Å². The summed E-state index contributed by atoms with van der Waals surface area (Å²) < 4.78 is 13.6. The van der Waals surface area contributed by atoms with E-state index in [0.29, 0.717) is 5.92 Å². The Bertz CT molecular complexity index is 382. The number of unbranched alkanes of at least 4 members (excludes halogenated alkanes) is 2. The highest BCUT2D eigenvalue weighted by Gasteiger charge is 2.17. The molecule has 0 aliphatic rings. The van der Waals surface area contributed by atoms with E-state index >= 15 is 0 Å². The van der Waals surface area contributed by atoms with Gasteiger partial charge in [-0.2, -0.15) is 0 Å². The SMILES string of the molecule is CCCCCC(CC)Cc1ccc(B(O)O)c(F)c1. The number of hydrogen-bond acceptors (Lipinski definition) is 2. The maximum atomic E-state index is 13.6. The first-order chi connectivity index (χ1) is 9.08. The number of hydrogen-bond donors (Lipinski definition) is 2. The summed E-state index contributed by atoms with van der Waals surface area (Å²) in [6, 6.07) is 4.69. The number of halogens is 1. The van der Waals surface area contributed by atoms with Crippen LogP contribution >= 0.6 is 0 Å². The van der Waals surface area contributed by atoms with Gasteiger partial charge < -0.3 is 10.0 Å². The topological polar surface area (TPSA) is 40.5 Å². The fourth-order valence-corrected chi connectivity index (χ4v) is 2.37. The lowest BCUT2D eigenvalue weighted by Gasteiger charge is -2.15. The van der Waals surface area contributed by atoms with Gasteiger partial charge in [-0.05, 0) is 24.0 Å². The second-order valence-corrected chi connectivity index (χ2v) is 5.20. The summed E-state index contributed by atoms with van der Waals surface area (Å²) in [6.07, 6.45) is 6.82. The van der Waals surface area contributed by atoms with Crippen molar-refractivity contribution in [1.82, 2.24) is 0 Å². The molecular formula is C15H24BFO2. The summed E-state index contributed by atoms with van der Waals surface area (Å²) in [6.45, 7) is 4.36. The second-order valence-electron chi connectivity index (χ2n) is 5.20. The lowest BCUT2D eigenvalue weighted by molar-refractivity contribution is 0.422. The zero-order valence-electron chi connectivity index (χ0n) is 11.9. The number of rotatable bonds is 8. The Morgan fingerprint density at radius 1 is 1.21 bits per heavy atom. The largest absolute Gasteiger partial charge is 0.491 e. The van der Waals surface area contributed by atoms with E-state index in [-0.39, 0.29) is 5.46 Å². The summed E-state index contributed by atoms with van der Waals surface area (Å²) >= 11 is 0. The molecule has 19 heavy (non-hydrogen) atoms. The van der Waals surface area contributed by atoms with Gasteiger partial charge in [-0.15, -0.1) is 0 Å². The molecule has 0 aliphatic heterocycles. The molecule has 0 saturated heterocycles. The molecule has 1 unspecified atom stereocenters. The van der Waals surface area contributed by atoms with Gasteiger partial charge in [-0.25, -0.2) is 4.39 Å². The average Bonchev–Trinajstić information content (AvgIpc) is 2.37. The van der Waals surface area contributed by atoms with Crippen molar-refractivity contribution < 1.29 is 14.4 Å². The molecule has 106 valence electrons. The van der Waals surface area contributed by atoms with Gasteiger partial charge in [-0.1, -0.05) is 58.1 Å².